The van der Waals surface area contributed by atoms with Crippen LogP contribution in [0.15, 0.2) is 60.7 Å². The molecule has 34 heavy (non-hydrogen) atoms. The first-order valence-electron chi connectivity index (χ1n) is 11.7. The first-order valence-corrected chi connectivity index (χ1v) is 13.5. The lowest BCUT2D eigenvalue weighted by atomic mass is 10.0. The topological polar surface area (TPSA) is 66.5 Å². The van der Waals surface area contributed by atoms with E-state index in [0.717, 1.165) is 35.1 Å². The Hall–Kier alpha value is -3.12. The molecule has 1 atom stereocenters. The zero-order valence-corrected chi connectivity index (χ0v) is 21.1. The van der Waals surface area contributed by atoms with Crippen molar-refractivity contribution in [3.63, 3.8) is 0 Å². The highest BCUT2D eigenvalue weighted by Gasteiger charge is 2.19. The number of nitrogens with zero attached hydrogens (tertiary/aromatic N) is 1. The van der Waals surface area contributed by atoms with E-state index >= 15 is 0 Å². The molecule has 5 nitrogen and oxygen atoms in total. The number of benzene rings is 3. The van der Waals surface area contributed by atoms with Crippen molar-refractivity contribution < 1.29 is 13.2 Å². The number of carbonyl (C=O) groups is 1. The third kappa shape index (κ3) is 5.50. The first-order chi connectivity index (χ1) is 16.1. The van der Waals surface area contributed by atoms with Crippen LogP contribution in [0.25, 0.3) is 0 Å². The lowest BCUT2D eigenvalue weighted by molar-refractivity contribution is 0.0940. The smallest absolute Gasteiger partial charge is 0.251 e. The molecule has 1 aliphatic rings. The fourth-order valence-electron chi connectivity index (χ4n) is 4.65. The van der Waals surface area contributed by atoms with Gasteiger partial charge in [-0.25, -0.2) is 8.42 Å². The lowest BCUT2D eigenvalue weighted by Crippen LogP contribution is -2.29. The van der Waals surface area contributed by atoms with Gasteiger partial charge in [0.2, 0.25) is 10.0 Å². The SMILES string of the molecule is Cc1cc(C)cc(N(Cc2ccc(C(=O)NC(C)c3ccc4c(c3)CCC4)cc2)S(C)(=O)=O)c1. The number of fused-ring (bicyclic) bond motifs is 1. The molecule has 0 radical (unpaired) electrons. The summed E-state index contributed by atoms with van der Waals surface area (Å²) < 4.78 is 26.4. The van der Waals surface area contributed by atoms with Crippen molar-refractivity contribution in [1.29, 1.82) is 0 Å². The molecule has 0 spiro atoms. The summed E-state index contributed by atoms with van der Waals surface area (Å²) in [5.74, 6) is -0.145. The summed E-state index contributed by atoms with van der Waals surface area (Å²) in [7, 11) is -3.47. The second-order valence-electron chi connectivity index (χ2n) is 9.39. The Morgan fingerprint density at radius 1 is 0.941 bits per heavy atom. The van der Waals surface area contributed by atoms with Crippen LogP contribution in [-0.2, 0) is 29.4 Å². The van der Waals surface area contributed by atoms with Gasteiger partial charge in [0, 0.05) is 5.56 Å². The van der Waals surface area contributed by atoms with Crippen LogP contribution in [0, 0.1) is 13.8 Å². The molecule has 0 saturated heterocycles. The molecule has 1 aliphatic carbocycles. The molecule has 3 aromatic rings. The molecule has 0 aromatic heterocycles. The summed E-state index contributed by atoms with van der Waals surface area (Å²) >= 11 is 0. The van der Waals surface area contributed by atoms with Gasteiger partial charge in [-0.3, -0.25) is 9.10 Å². The van der Waals surface area contributed by atoms with Crippen LogP contribution >= 0.6 is 0 Å². The molecule has 0 fully saturated rings. The third-order valence-corrected chi connectivity index (χ3v) is 7.55. The largest absolute Gasteiger partial charge is 0.346 e. The molecular weight excluding hydrogens is 444 g/mol. The van der Waals surface area contributed by atoms with E-state index in [1.54, 1.807) is 12.1 Å². The van der Waals surface area contributed by atoms with Gasteiger partial charge in [0.25, 0.3) is 5.91 Å². The van der Waals surface area contributed by atoms with Gasteiger partial charge in [-0.2, -0.15) is 0 Å². The molecule has 0 bridgehead atoms. The van der Waals surface area contributed by atoms with Crippen molar-refractivity contribution in [2.75, 3.05) is 10.6 Å². The molecule has 4 rings (SSSR count). The molecule has 0 saturated carbocycles. The fourth-order valence-corrected chi connectivity index (χ4v) is 5.52. The Morgan fingerprint density at radius 3 is 2.24 bits per heavy atom. The number of hydrogen-bond donors (Lipinski definition) is 1. The summed E-state index contributed by atoms with van der Waals surface area (Å²) in [4.78, 5) is 12.8. The van der Waals surface area contributed by atoms with Crippen LogP contribution in [0.3, 0.4) is 0 Å². The van der Waals surface area contributed by atoms with E-state index < -0.39 is 10.0 Å². The highest BCUT2D eigenvalue weighted by molar-refractivity contribution is 7.92. The van der Waals surface area contributed by atoms with Gasteiger partial charge in [-0.15, -0.1) is 0 Å². The monoisotopic (exact) mass is 476 g/mol. The van der Waals surface area contributed by atoms with Crippen molar-refractivity contribution in [2.45, 2.75) is 52.6 Å². The average Bonchev–Trinajstić information content (AvgIpc) is 3.24. The van der Waals surface area contributed by atoms with Crippen LogP contribution in [0.2, 0.25) is 0 Å². The van der Waals surface area contributed by atoms with Crippen LogP contribution in [-0.4, -0.2) is 20.6 Å². The van der Waals surface area contributed by atoms with E-state index in [-0.39, 0.29) is 18.5 Å². The summed E-state index contributed by atoms with van der Waals surface area (Å²) in [6.45, 7) is 6.11. The third-order valence-electron chi connectivity index (χ3n) is 6.41. The van der Waals surface area contributed by atoms with E-state index in [1.165, 1.54) is 28.1 Å². The maximum atomic E-state index is 12.8. The molecule has 0 aliphatic heterocycles. The highest BCUT2D eigenvalue weighted by atomic mass is 32.2. The van der Waals surface area contributed by atoms with E-state index in [0.29, 0.717) is 11.3 Å². The van der Waals surface area contributed by atoms with Crippen LogP contribution in [0.5, 0.6) is 0 Å². The Kier molecular flexibility index (Phi) is 6.80. The molecule has 1 unspecified atom stereocenters. The Balaban J connectivity index is 1.46. The average molecular weight is 477 g/mol. The maximum absolute atomic E-state index is 12.8. The van der Waals surface area contributed by atoms with Crippen LogP contribution < -0.4 is 9.62 Å². The zero-order chi connectivity index (χ0) is 24.5. The number of nitrogens with one attached hydrogen (secondary N) is 1. The molecule has 0 heterocycles. The predicted molar refractivity (Wildman–Crippen MR) is 138 cm³/mol. The van der Waals surface area contributed by atoms with E-state index in [1.807, 2.05) is 51.1 Å². The summed E-state index contributed by atoms with van der Waals surface area (Å²) in [6.07, 6.45) is 4.67. The van der Waals surface area contributed by atoms with E-state index in [9.17, 15) is 13.2 Å². The number of sulfonamides is 1. The second kappa shape index (κ2) is 9.63. The van der Waals surface area contributed by atoms with Gasteiger partial charge in [0.05, 0.1) is 24.5 Å². The highest BCUT2D eigenvalue weighted by Crippen LogP contribution is 2.26. The molecule has 1 amide bonds. The summed E-state index contributed by atoms with van der Waals surface area (Å²) in [5, 5.41) is 3.08. The Morgan fingerprint density at radius 2 is 1.59 bits per heavy atom. The van der Waals surface area contributed by atoms with Crippen molar-refractivity contribution in [3.05, 3.63) is 99.6 Å². The number of amides is 1. The van der Waals surface area contributed by atoms with Crippen LogP contribution in [0.4, 0.5) is 5.69 Å². The number of carbonyl (C=O) groups excluding carboxylic acids is 1. The number of rotatable bonds is 7. The van der Waals surface area contributed by atoms with Gasteiger partial charge in [0.1, 0.15) is 0 Å². The van der Waals surface area contributed by atoms with Crippen molar-refractivity contribution in [2.24, 2.45) is 0 Å². The quantitative estimate of drug-likeness (QED) is 0.507. The van der Waals surface area contributed by atoms with Gasteiger partial charge in [-0.1, -0.05) is 36.4 Å². The number of hydrogen-bond acceptors (Lipinski definition) is 3. The maximum Gasteiger partial charge on any atom is 0.251 e. The minimum absolute atomic E-state index is 0.0941. The zero-order valence-electron chi connectivity index (χ0n) is 20.3. The van der Waals surface area contributed by atoms with Gasteiger partial charge in [0.15, 0.2) is 0 Å². The summed E-state index contributed by atoms with van der Waals surface area (Å²) in [6, 6.07) is 19.3. The Bertz CT molecular complexity index is 1290. The molecule has 178 valence electrons. The fraction of sp³-hybridized carbons (Fsp3) is 0.321. The molecule has 6 heteroatoms. The molecule has 3 aromatic carbocycles. The lowest BCUT2D eigenvalue weighted by Gasteiger charge is -2.23. The van der Waals surface area contributed by atoms with Crippen molar-refractivity contribution in [1.82, 2.24) is 5.32 Å². The van der Waals surface area contributed by atoms with Gasteiger partial charge in [-0.05, 0) is 97.7 Å². The van der Waals surface area contributed by atoms with E-state index in [4.69, 9.17) is 0 Å². The predicted octanol–water partition coefficient (Wildman–Crippen LogP) is 5.25. The van der Waals surface area contributed by atoms with E-state index in [2.05, 4.69) is 23.5 Å². The standard InChI is InChI=1S/C28H32N2O3S/c1-19-14-20(2)16-27(15-19)30(34(4,32)33)18-22-8-10-24(11-9-22)28(31)29-21(3)25-13-12-23-6-5-7-26(23)17-25/h8-17,21H,5-7,18H2,1-4H3,(H,29,31). The second-order valence-corrected chi connectivity index (χ2v) is 11.3. The van der Waals surface area contributed by atoms with Crippen molar-refractivity contribution >= 4 is 21.6 Å². The molecule has 1 N–H and O–H groups in total. The number of aryl methyl sites for hydroxylation is 4. The van der Waals surface area contributed by atoms with Gasteiger partial charge >= 0.3 is 0 Å². The molecular formula is C28H32N2O3S. The van der Waals surface area contributed by atoms with Gasteiger partial charge < -0.3 is 5.32 Å². The Labute approximate surface area is 202 Å². The summed E-state index contributed by atoms with van der Waals surface area (Å²) in [5.41, 5.74) is 7.94. The van der Waals surface area contributed by atoms with Crippen LogP contribution in [0.1, 0.15) is 63.1 Å². The minimum atomic E-state index is -3.47. The first kappa shape index (κ1) is 24.0. The normalized spacial score (nSPS) is 13.9. The minimum Gasteiger partial charge on any atom is -0.346 e. The van der Waals surface area contributed by atoms with Crippen molar-refractivity contribution in [3.8, 4) is 0 Å². The number of anilines is 1.